The molecule has 6 nitrogen and oxygen atoms in total. The van der Waals surface area contributed by atoms with Crippen molar-refractivity contribution in [2.24, 2.45) is 5.92 Å². The predicted molar refractivity (Wildman–Crippen MR) is 112 cm³/mol. The number of hydrogen-bond donors (Lipinski definition) is 1. The summed E-state index contributed by atoms with van der Waals surface area (Å²) < 4.78 is 1.34. The van der Waals surface area contributed by atoms with E-state index < -0.39 is 0 Å². The number of fused-ring (bicyclic) bond motifs is 1. The number of carbonyl (C=O) groups excluding carboxylic acids is 1. The molecule has 1 aromatic carbocycles. The summed E-state index contributed by atoms with van der Waals surface area (Å²) in [5.41, 5.74) is 3.52. The van der Waals surface area contributed by atoms with Gasteiger partial charge in [0.1, 0.15) is 5.56 Å². The lowest BCUT2D eigenvalue weighted by atomic mass is 9.84. The lowest BCUT2D eigenvalue weighted by molar-refractivity contribution is 0.0532. The van der Waals surface area contributed by atoms with Crippen LogP contribution in [0.1, 0.15) is 60.9 Å². The van der Waals surface area contributed by atoms with E-state index >= 15 is 0 Å². The largest absolute Gasteiger partial charge is 0.338 e. The van der Waals surface area contributed by atoms with Gasteiger partial charge < -0.3 is 4.90 Å². The molecule has 0 atom stereocenters. The fourth-order valence-electron chi connectivity index (χ4n) is 4.68. The van der Waals surface area contributed by atoms with E-state index in [1.807, 2.05) is 12.1 Å². The molecule has 29 heavy (non-hydrogen) atoms. The maximum absolute atomic E-state index is 12.8. The molecule has 1 aliphatic heterocycles. The molecule has 2 fully saturated rings. The minimum atomic E-state index is -0.211. The van der Waals surface area contributed by atoms with Crippen molar-refractivity contribution in [2.75, 3.05) is 13.1 Å². The number of H-pyrrole nitrogens is 1. The fraction of sp³-hybridized carbons (Fsp3) is 0.435. The zero-order valence-corrected chi connectivity index (χ0v) is 16.7. The number of nitrogens with zero attached hydrogens (tertiary/aromatic N) is 3. The molecule has 1 saturated heterocycles. The molecule has 0 bridgehead atoms. The lowest BCUT2D eigenvalue weighted by Crippen LogP contribution is -2.48. The number of rotatable bonds is 3. The Morgan fingerprint density at radius 1 is 1.10 bits per heavy atom. The summed E-state index contributed by atoms with van der Waals surface area (Å²) in [7, 11) is 0. The molecule has 1 N–H and O–H groups in total. The van der Waals surface area contributed by atoms with E-state index in [0.29, 0.717) is 28.7 Å². The summed E-state index contributed by atoms with van der Waals surface area (Å²) in [4.78, 5) is 31.8. The maximum atomic E-state index is 12.8. The van der Waals surface area contributed by atoms with Crippen molar-refractivity contribution < 1.29 is 4.79 Å². The molecule has 0 radical (unpaired) electrons. The summed E-state index contributed by atoms with van der Waals surface area (Å²) in [5, 5.41) is 2.88. The summed E-state index contributed by atoms with van der Waals surface area (Å²) in [6, 6.07) is 9.96. The zero-order valence-electron chi connectivity index (χ0n) is 16.7. The Balaban J connectivity index is 1.48. The first kappa shape index (κ1) is 18.2. The van der Waals surface area contributed by atoms with Crippen molar-refractivity contribution in [1.29, 1.82) is 0 Å². The second-order valence-electron chi connectivity index (χ2n) is 8.60. The number of nitrogens with one attached hydrogen (secondary N) is 1. The number of benzene rings is 1. The monoisotopic (exact) mass is 390 g/mol. The first-order valence-electron chi connectivity index (χ1n) is 10.6. The quantitative estimate of drug-likeness (QED) is 0.739. The summed E-state index contributed by atoms with van der Waals surface area (Å²) in [5.74, 6) is 1.10. The Kier molecular flexibility index (Phi) is 4.49. The molecule has 3 aromatic rings. The van der Waals surface area contributed by atoms with Gasteiger partial charge >= 0.3 is 0 Å². The molecule has 3 heterocycles. The van der Waals surface area contributed by atoms with Crippen LogP contribution in [0.15, 0.2) is 41.3 Å². The van der Waals surface area contributed by atoms with Crippen LogP contribution in [-0.2, 0) is 0 Å². The summed E-state index contributed by atoms with van der Waals surface area (Å²) in [6.45, 7) is 3.63. The van der Waals surface area contributed by atoms with E-state index in [2.05, 4.69) is 29.1 Å². The van der Waals surface area contributed by atoms with E-state index in [9.17, 15) is 9.59 Å². The molecule has 2 aromatic heterocycles. The van der Waals surface area contributed by atoms with Crippen molar-refractivity contribution >= 4 is 11.6 Å². The number of hydrogen-bond acceptors (Lipinski definition) is 3. The van der Waals surface area contributed by atoms with E-state index in [1.54, 1.807) is 11.1 Å². The molecule has 0 spiro atoms. The SMILES string of the molecule is CC1CN(C(=O)c2c[nH]n3c(=O)cc(-c4ccc(C5CCCCC5)cc4)nc23)C1. The van der Waals surface area contributed by atoms with E-state index in [4.69, 9.17) is 0 Å². The molecule has 150 valence electrons. The smallest absolute Gasteiger partial charge is 0.273 e. The number of likely N-dealkylation sites (tertiary alicyclic amines) is 1. The first-order chi connectivity index (χ1) is 14.1. The van der Waals surface area contributed by atoms with Gasteiger partial charge in [0, 0.05) is 30.9 Å². The summed E-state index contributed by atoms with van der Waals surface area (Å²) >= 11 is 0. The van der Waals surface area contributed by atoms with E-state index in [0.717, 1.165) is 18.7 Å². The van der Waals surface area contributed by atoms with Crippen molar-refractivity contribution in [1.82, 2.24) is 19.5 Å². The van der Waals surface area contributed by atoms with Gasteiger partial charge in [0.25, 0.3) is 11.5 Å². The Bertz CT molecular complexity index is 1100. The first-order valence-corrected chi connectivity index (χ1v) is 10.6. The standard InChI is InChI=1S/C23H26N4O2/c1-15-13-26(14-15)23(29)19-12-24-27-21(28)11-20(25-22(19)27)18-9-7-17(8-10-18)16-5-3-2-4-6-16/h7-12,15-16,24H,2-6,13-14H2,1H3. The second kappa shape index (κ2) is 7.17. The van der Waals surface area contributed by atoms with Crippen LogP contribution < -0.4 is 5.56 Å². The van der Waals surface area contributed by atoms with Crippen LogP contribution in [0.3, 0.4) is 0 Å². The van der Waals surface area contributed by atoms with Gasteiger partial charge in [0.2, 0.25) is 0 Å². The highest BCUT2D eigenvalue weighted by Crippen LogP contribution is 2.33. The van der Waals surface area contributed by atoms with Gasteiger partial charge in [-0.15, -0.1) is 0 Å². The minimum absolute atomic E-state index is 0.0708. The van der Waals surface area contributed by atoms with Crippen LogP contribution in [0.4, 0.5) is 0 Å². The van der Waals surface area contributed by atoms with Crippen molar-refractivity contribution in [3.05, 3.63) is 58.0 Å². The highest BCUT2D eigenvalue weighted by molar-refractivity contribution is 6.00. The van der Waals surface area contributed by atoms with Gasteiger partial charge in [-0.1, -0.05) is 50.5 Å². The molecular weight excluding hydrogens is 364 g/mol. The Morgan fingerprint density at radius 2 is 1.83 bits per heavy atom. The van der Waals surface area contributed by atoms with Crippen LogP contribution in [0.25, 0.3) is 16.9 Å². The average molecular weight is 390 g/mol. The zero-order chi connectivity index (χ0) is 20.0. The molecule has 5 rings (SSSR count). The van der Waals surface area contributed by atoms with Gasteiger partial charge in [-0.2, -0.15) is 0 Å². The molecule has 6 heteroatoms. The Labute approximate surface area is 169 Å². The fourth-order valence-corrected chi connectivity index (χ4v) is 4.68. The number of aromatic nitrogens is 3. The van der Waals surface area contributed by atoms with Gasteiger partial charge in [-0.05, 0) is 30.2 Å². The third-order valence-electron chi connectivity index (χ3n) is 6.36. The average Bonchev–Trinajstić information content (AvgIpc) is 3.16. The predicted octanol–water partition coefficient (Wildman–Crippen LogP) is 3.83. The highest BCUT2D eigenvalue weighted by Gasteiger charge is 2.30. The molecule has 1 aliphatic carbocycles. The number of aromatic amines is 1. The third-order valence-corrected chi connectivity index (χ3v) is 6.36. The maximum Gasteiger partial charge on any atom is 0.273 e. The van der Waals surface area contributed by atoms with Gasteiger partial charge in [0.05, 0.1) is 5.69 Å². The van der Waals surface area contributed by atoms with Crippen LogP contribution >= 0.6 is 0 Å². The molecule has 1 saturated carbocycles. The molecule has 1 amide bonds. The van der Waals surface area contributed by atoms with Crippen molar-refractivity contribution in [3.63, 3.8) is 0 Å². The van der Waals surface area contributed by atoms with Crippen molar-refractivity contribution in [3.8, 4) is 11.3 Å². The van der Waals surface area contributed by atoms with E-state index in [-0.39, 0.29) is 11.5 Å². The molecule has 0 unspecified atom stereocenters. The highest BCUT2D eigenvalue weighted by atomic mass is 16.2. The normalized spacial score (nSPS) is 18.2. The number of amides is 1. The van der Waals surface area contributed by atoms with Crippen LogP contribution in [0, 0.1) is 5.92 Å². The molecular formula is C23H26N4O2. The number of carbonyl (C=O) groups is 1. The van der Waals surface area contributed by atoms with Crippen LogP contribution in [0.2, 0.25) is 0 Å². The van der Waals surface area contributed by atoms with Gasteiger partial charge in [-0.25, -0.2) is 9.50 Å². The minimum Gasteiger partial charge on any atom is -0.338 e. The van der Waals surface area contributed by atoms with Crippen LogP contribution in [0.5, 0.6) is 0 Å². The Hall–Kier alpha value is -2.89. The third kappa shape index (κ3) is 3.26. The van der Waals surface area contributed by atoms with Crippen molar-refractivity contribution in [2.45, 2.75) is 44.9 Å². The van der Waals surface area contributed by atoms with E-state index in [1.165, 1.54) is 48.2 Å². The van der Waals surface area contributed by atoms with Crippen LogP contribution in [-0.4, -0.2) is 38.5 Å². The van der Waals surface area contributed by atoms with Gasteiger partial charge in [-0.3, -0.25) is 14.7 Å². The molecule has 2 aliphatic rings. The Morgan fingerprint density at radius 3 is 2.52 bits per heavy atom. The second-order valence-corrected chi connectivity index (χ2v) is 8.60. The topological polar surface area (TPSA) is 70.5 Å². The lowest BCUT2D eigenvalue weighted by Gasteiger charge is -2.36. The van der Waals surface area contributed by atoms with Gasteiger partial charge in [0.15, 0.2) is 5.65 Å². The summed E-state index contributed by atoms with van der Waals surface area (Å²) in [6.07, 6.45) is 8.06.